The molecule has 0 radical (unpaired) electrons. The second-order valence-corrected chi connectivity index (χ2v) is 4.10. The van der Waals surface area contributed by atoms with Gasteiger partial charge < -0.3 is 0 Å². The molecule has 0 amide bonds. The van der Waals surface area contributed by atoms with Crippen LogP contribution >= 0.6 is 23.4 Å². The van der Waals surface area contributed by atoms with Crippen LogP contribution in [0.15, 0.2) is 11.2 Å². The second-order valence-electron chi connectivity index (χ2n) is 2.71. The van der Waals surface area contributed by atoms with E-state index in [1.54, 1.807) is 0 Å². The molecule has 2 nitrogen and oxygen atoms in total. The molecule has 74 valence electrons. The minimum absolute atomic E-state index is 0.0359. The zero-order valence-corrected chi connectivity index (χ0v) is 8.74. The Morgan fingerprint density at radius 2 is 2.15 bits per heavy atom. The van der Waals surface area contributed by atoms with E-state index in [1.807, 2.05) is 13.8 Å². The Balaban J connectivity index is 2.94. The van der Waals surface area contributed by atoms with Crippen molar-refractivity contribution in [3.05, 3.63) is 11.2 Å². The maximum atomic E-state index is 12.1. The van der Waals surface area contributed by atoms with Gasteiger partial charge in [-0.05, 0) is 25.6 Å². The third-order valence-corrected chi connectivity index (χ3v) is 2.59. The fourth-order valence-corrected chi connectivity index (χ4v) is 1.86. The average Bonchev–Trinajstić information content (AvgIpc) is 2.32. The number of rotatable bonds is 3. The maximum absolute atomic E-state index is 12.1. The highest BCUT2D eigenvalue weighted by Crippen LogP contribution is 2.32. The van der Waals surface area contributed by atoms with Crippen LogP contribution in [0.4, 0.5) is 8.78 Å². The standard InChI is InChI=1S/C7H9ClF2N2S/c1-4(2)12-6(13-7(9)10)5(8)3-11-12/h3-4,7H,1-2H3. The maximum Gasteiger partial charge on any atom is 0.290 e. The zero-order chi connectivity index (χ0) is 10.0. The third kappa shape index (κ3) is 2.57. The summed E-state index contributed by atoms with van der Waals surface area (Å²) in [7, 11) is 0. The van der Waals surface area contributed by atoms with Gasteiger partial charge in [-0.3, -0.25) is 4.68 Å². The predicted octanol–water partition coefficient (Wildman–Crippen LogP) is 3.43. The topological polar surface area (TPSA) is 17.8 Å². The van der Waals surface area contributed by atoms with Crippen LogP contribution in [0, 0.1) is 0 Å². The van der Waals surface area contributed by atoms with Crippen LogP contribution in [0.3, 0.4) is 0 Å². The first kappa shape index (κ1) is 10.8. The lowest BCUT2D eigenvalue weighted by Crippen LogP contribution is -2.04. The Kier molecular flexibility index (Phi) is 3.55. The van der Waals surface area contributed by atoms with Crippen molar-refractivity contribution in [2.24, 2.45) is 0 Å². The molecule has 0 saturated carbocycles. The van der Waals surface area contributed by atoms with Gasteiger partial charge in [0.25, 0.3) is 5.76 Å². The quantitative estimate of drug-likeness (QED) is 0.735. The molecule has 0 fully saturated rings. The van der Waals surface area contributed by atoms with Crippen molar-refractivity contribution in [2.45, 2.75) is 30.7 Å². The molecule has 0 bridgehead atoms. The van der Waals surface area contributed by atoms with Crippen molar-refractivity contribution >= 4 is 23.4 Å². The summed E-state index contributed by atoms with van der Waals surface area (Å²) in [5, 5.41) is 4.50. The van der Waals surface area contributed by atoms with Crippen molar-refractivity contribution < 1.29 is 8.78 Å². The van der Waals surface area contributed by atoms with Crippen LogP contribution in [-0.4, -0.2) is 15.5 Å². The molecule has 0 aliphatic carbocycles. The van der Waals surface area contributed by atoms with E-state index in [0.29, 0.717) is 16.8 Å². The Hall–Kier alpha value is -0.290. The molecular weight excluding hydrogens is 218 g/mol. The molecule has 1 aromatic heterocycles. The number of aromatic nitrogens is 2. The van der Waals surface area contributed by atoms with Crippen molar-refractivity contribution in [1.82, 2.24) is 9.78 Å². The van der Waals surface area contributed by atoms with Gasteiger partial charge in [0.05, 0.1) is 11.2 Å². The van der Waals surface area contributed by atoms with E-state index in [2.05, 4.69) is 5.10 Å². The number of thioether (sulfide) groups is 1. The van der Waals surface area contributed by atoms with Crippen LogP contribution in [0.1, 0.15) is 19.9 Å². The van der Waals surface area contributed by atoms with Gasteiger partial charge in [-0.25, -0.2) is 0 Å². The van der Waals surface area contributed by atoms with Crippen LogP contribution in [0.25, 0.3) is 0 Å². The molecule has 0 spiro atoms. The summed E-state index contributed by atoms with van der Waals surface area (Å²) in [6, 6.07) is 0.0359. The van der Waals surface area contributed by atoms with Crippen LogP contribution < -0.4 is 0 Å². The van der Waals surface area contributed by atoms with Gasteiger partial charge in [0.2, 0.25) is 0 Å². The summed E-state index contributed by atoms with van der Waals surface area (Å²) in [4.78, 5) is 0. The highest BCUT2D eigenvalue weighted by molar-refractivity contribution is 7.99. The molecule has 13 heavy (non-hydrogen) atoms. The van der Waals surface area contributed by atoms with Crippen molar-refractivity contribution in [3.63, 3.8) is 0 Å². The fourth-order valence-electron chi connectivity index (χ4n) is 0.892. The van der Waals surface area contributed by atoms with E-state index >= 15 is 0 Å². The minimum Gasteiger partial charge on any atom is -0.255 e. The number of hydrogen-bond acceptors (Lipinski definition) is 2. The first-order valence-electron chi connectivity index (χ1n) is 3.70. The SMILES string of the molecule is CC(C)n1ncc(Cl)c1SC(F)F. The molecule has 0 aliphatic rings. The third-order valence-electron chi connectivity index (χ3n) is 1.40. The Labute approximate surface area is 84.3 Å². The lowest BCUT2D eigenvalue weighted by Gasteiger charge is -2.09. The molecule has 0 aromatic carbocycles. The largest absolute Gasteiger partial charge is 0.290 e. The summed E-state index contributed by atoms with van der Waals surface area (Å²) in [5.41, 5.74) is 0. The molecule has 0 unspecified atom stereocenters. The van der Waals surface area contributed by atoms with Gasteiger partial charge in [-0.2, -0.15) is 13.9 Å². The van der Waals surface area contributed by atoms with Gasteiger partial charge in [0.1, 0.15) is 5.03 Å². The van der Waals surface area contributed by atoms with Crippen molar-refractivity contribution in [2.75, 3.05) is 0 Å². The second kappa shape index (κ2) is 4.28. The van der Waals surface area contributed by atoms with Crippen LogP contribution in [0.5, 0.6) is 0 Å². The highest BCUT2D eigenvalue weighted by Gasteiger charge is 2.16. The molecule has 1 aromatic rings. The first-order chi connectivity index (χ1) is 6.02. The van der Waals surface area contributed by atoms with Crippen molar-refractivity contribution in [1.29, 1.82) is 0 Å². The lowest BCUT2D eigenvalue weighted by molar-refractivity contribution is 0.251. The average molecular weight is 227 g/mol. The summed E-state index contributed by atoms with van der Waals surface area (Å²) in [5.74, 6) is -2.47. The predicted molar refractivity (Wildman–Crippen MR) is 49.5 cm³/mol. The van der Waals surface area contributed by atoms with E-state index in [9.17, 15) is 8.78 Å². The Morgan fingerprint density at radius 1 is 1.54 bits per heavy atom. The lowest BCUT2D eigenvalue weighted by atomic mass is 10.4. The molecule has 0 atom stereocenters. The van der Waals surface area contributed by atoms with E-state index in [-0.39, 0.29) is 11.1 Å². The van der Waals surface area contributed by atoms with Crippen LogP contribution in [0.2, 0.25) is 5.02 Å². The monoisotopic (exact) mass is 226 g/mol. The van der Waals surface area contributed by atoms with E-state index < -0.39 is 5.76 Å². The zero-order valence-electron chi connectivity index (χ0n) is 7.17. The van der Waals surface area contributed by atoms with E-state index in [1.165, 1.54) is 10.9 Å². The molecule has 0 aliphatic heterocycles. The summed E-state index contributed by atoms with van der Waals surface area (Å²) in [6.07, 6.45) is 1.38. The number of alkyl halides is 2. The normalized spacial score (nSPS) is 11.6. The molecule has 1 rings (SSSR count). The van der Waals surface area contributed by atoms with Crippen molar-refractivity contribution in [3.8, 4) is 0 Å². The Bertz CT molecular complexity index is 288. The van der Waals surface area contributed by atoms with Gasteiger partial charge in [-0.1, -0.05) is 11.6 Å². The first-order valence-corrected chi connectivity index (χ1v) is 4.96. The van der Waals surface area contributed by atoms with E-state index in [0.717, 1.165) is 0 Å². The minimum atomic E-state index is -2.47. The Morgan fingerprint density at radius 3 is 2.62 bits per heavy atom. The fraction of sp³-hybridized carbons (Fsp3) is 0.571. The summed E-state index contributed by atoms with van der Waals surface area (Å²) in [6.45, 7) is 3.72. The number of halogens is 3. The van der Waals surface area contributed by atoms with Crippen LogP contribution in [-0.2, 0) is 0 Å². The number of hydrogen-bond donors (Lipinski definition) is 0. The smallest absolute Gasteiger partial charge is 0.255 e. The highest BCUT2D eigenvalue weighted by atomic mass is 35.5. The molecule has 6 heteroatoms. The van der Waals surface area contributed by atoms with Gasteiger partial charge in [0, 0.05) is 6.04 Å². The molecule has 1 heterocycles. The summed E-state index contributed by atoms with van der Waals surface area (Å²) >= 11 is 6.12. The molecule has 0 saturated heterocycles. The van der Waals surface area contributed by atoms with Gasteiger partial charge in [-0.15, -0.1) is 0 Å². The number of nitrogens with zero attached hydrogens (tertiary/aromatic N) is 2. The molecule has 0 N–H and O–H groups in total. The van der Waals surface area contributed by atoms with E-state index in [4.69, 9.17) is 11.6 Å². The molecular formula is C7H9ClF2N2S. The summed E-state index contributed by atoms with van der Waals surface area (Å²) < 4.78 is 25.7. The van der Waals surface area contributed by atoms with Gasteiger partial charge >= 0.3 is 0 Å². The van der Waals surface area contributed by atoms with Gasteiger partial charge in [0.15, 0.2) is 0 Å².